The van der Waals surface area contributed by atoms with Gasteiger partial charge in [-0.1, -0.05) is 18.2 Å². The fourth-order valence-electron chi connectivity index (χ4n) is 4.85. The number of ether oxygens (including phenoxy) is 2. The van der Waals surface area contributed by atoms with E-state index in [1.807, 2.05) is 58.0 Å². The van der Waals surface area contributed by atoms with E-state index in [4.69, 9.17) is 14.5 Å². The smallest absolute Gasteiger partial charge is 0.416 e. The van der Waals surface area contributed by atoms with Crippen LogP contribution in [0.25, 0.3) is 16.7 Å². The minimum absolute atomic E-state index is 0.256. The van der Waals surface area contributed by atoms with Gasteiger partial charge in [0.05, 0.1) is 35.9 Å². The van der Waals surface area contributed by atoms with Crippen LogP contribution in [0.5, 0.6) is 5.75 Å². The first kappa shape index (κ1) is 30.8. The Kier molecular flexibility index (Phi) is 10.0. The van der Waals surface area contributed by atoms with E-state index < -0.39 is 17.8 Å². The fraction of sp³-hybridized carbons (Fsp3) is 0.344. The Morgan fingerprint density at radius 2 is 1.76 bits per heavy atom. The lowest BCUT2D eigenvalue weighted by Crippen LogP contribution is -2.35. The first-order chi connectivity index (χ1) is 20.2. The summed E-state index contributed by atoms with van der Waals surface area (Å²) in [5.74, 6) is 1.16. The van der Waals surface area contributed by atoms with Gasteiger partial charge in [-0.3, -0.25) is 9.36 Å². The van der Waals surface area contributed by atoms with E-state index in [2.05, 4.69) is 9.88 Å². The highest BCUT2D eigenvalue weighted by Gasteiger charge is 2.30. The van der Waals surface area contributed by atoms with Crippen LogP contribution in [0, 0.1) is 0 Å². The SMILES string of the molecule is C/C=C(/Cc1ccc(C(F)(F)F)cc1)N(CCOCC)C(C)c1nc2ncccc2c(=O)n1-c1ccc(OCC)cc1. The molecule has 0 bridgehead atoms. The van der Waals surface area contributed by atoms with Gasteiger partial charge in [-0.15, -0.1) is 0 Å². The van der Waals surface area contributed by atoms with Crippen LogP contribution in [-0.2, 0) is 17.3 Å². The van der Waals surface area contributed by atoms with Crippen molar-refractivity contribution >= 4 is 11.0 Å². The van der Waals surface area contributed by atoms with E-state index in [0.717, 1.165) is 23.4 Å². The molecule has 222 valence electrons. The number of pyridine rings is 1. The van der Waals surface area contributed by atoms with Gasteiger partial charge in [0.1, 0.15) is 11.6 Å². The lowest BCUT2D eigenvalue weighted by Gasteiger charge is -2.34. The maximum atomic E-state index is 13.9. The molecule has 4 aromatic rings. The number of hydrogen-bond acceptors (Lipinski definition) is 6. The van der Waals surface area contributed by atoms with Crippen molar-refractivity contribution in [2.24, 2.45) is 0 Å². The molecule has 42 heavy (non-hydrogen) atoms. The molecular weight excluding hydrogens is 545 g/mol. The van der Waals surface area contributed by atoms with Crippen LogP contribution in [0.4, 0.5) is 13.2 Å². The van der Waals surface area contributed by atoms with E-state index in [1.54, 1.807) is 22.9 Å². The number of benzene rings is 2. The number of rotatable bonds is 12. The standard InChI is InChI=1S/C32H35F3N4O3/c1-5-25(21-23-10-12-24(13-11-23)32(33,34)35)38(19-20-41-6-2)22(4)30-37-29-28(9-8-18-36-29)31(40)39(30)26-14-16-27(17-15-26)42-7-3/h5,8-18,22H,6-7,19-21H2,1-4H3/b25-5-. The van der Waals surface area contributed by atoms with Gasteiger partial charge >= 0.3 is 6.18 Å². The molecule has 0 saturated carbocycles. The number of hydrogen-bond donors (Lipinski definition) is 0. The van der Waals surface area contributed by atoms with E-state index in [0.29, 0.717) is 61.1 Å². The number of aromatic nitrogens is 3. The quantitative estimate of drug-likeness (QED) is 0.173. The van der Waals surface area contributed by atoms with Crippen LogP contribution >= 0.6 is 0 Å². The largest absolute Gasteiger partial charge is 0.494 e. The van der Waals surface area contributed by atoms with Crippen molar-refractivity contribution in [3.05, 3.63) is 106 Å². The molecule has 0 fully saturated rings. The average Bonchev–Trinajstić information content (AvgIpc) is 2.98. The second kappa shape index (κ2) is 13.7. The molecule has 0 aliphatic heterocycles. The van der Waals surface area contributed by atoms with Crippen molar-refractivity contribution in [2.75, 3.05) is 26.4 Å². The average molecular weight is 581 g/mol. The Morgan fingerprint density at radius 1 is 1.05 bits per heavy atom. The molecule has 0 saturated heterocycles. The van der Waals surface area contributed by atoms with Crippen molar-refractivity contribution in [3.63, 3.8) is 0 Å². The minimum atomic E-state index is -4.40. The van der Waals surface area contributed by atoms with E-state index in [1.165, 1.54) is 12.1 Å². The number of nitrogens with zero attached hydrogens (tertiary/aromatic N) is 4. The van der Waals surface area contributed by atoms with Crippen LogP contribution in [0.2, 0.25) is 0 Å². The molecule has 4 rings (SSSR count). The normalized spacial score (nSPS) is 12.9. The zero-order chi connectivity index (χ0) is 30.3. The predicted molar refractivity (Wildman–Crippen MR) is 157 cm³/mol. The number of allylic oxidation sites excluding steroid dienone is 2. The van der Waals surface area contributed by atoms with Gasteiger partial charge in [0.25, 0.3) is 5.56 Å². The highest BCUT2D eigenvalue weighted by atomic mass is 19.4. The summed E-state index contributed by atoms with van der Waals surface area (Å²) in [4.78, 5) is 25.2. The van der Waals surface area contributed by atoms with Crippen LogP contribution < -0.4 is 10.3 Å². The molecule has 0 radical (unpaired) electrons. The van der Waals surface area contributed by atoms with Crippen LogP contribution in [0.3, 0.4) is 0 Å². The second-order valence-electron chi connectivity index (χ2n) is 9.63. The summed E-state index contributed by atoms with van der Waals surface area (Å²) in [7, 11) is 0. The summed E-state index contributed by atoms with van der Waals surface area (Å²) >= 11 is 0. The Bertz CT molecular complexity index is 1570. The summed E-state index contributed by atoms with van der Waals surface area (Å²) in [6.45, 7) is 9.56. The van der Waals surface area contributed by atoms with Crippen molar-refractivity contribution in [1.29, 1.82) is 0 Å². The van der Waals surface area contributed by atoms with Crippen molar-refractivity contribution in [3.8, 4) is 11.4 Å². The third-order valence-corrected chi connectivity index (χ3v) is 6.97. The zero-order valence-electron chi connectivity index (χ0n) is 24.2. The molecule has 2 heterocycles. The summed E-state index contributed by atoms with van der Waals surface area (Å²) in [6, 6.07) is 15.4. The summed E-state index contributed by atoms with van der Waals surface area (Å²) < 4.78 is 52.3. The molecule has 1 atom stereocenters. The monoisotopic (exact) mass is 580 g/mol. The lowest BCUT2D eigenvalue weighted by atomic mass is 10.0. The third kappa shape index (κ3) is 6.99. The molecule has 7 nitrogen and oxygen atoms in total. The van der Waals surface area contributed by atoms with Crippen molar-refractivity contribution in [2.45, 2.75) is 46.3 Å². The first-order valence-corrected chi connectivity index (χ1v) is 13.9. The van der Waals surface area contributed by atoms with Crippen LogP contribution in [-0.4, -0.2) is 45.8 Å². The van der Waals surface area contributed by atoms with E-state index in [9.17, 15) is 18.0 Å². The molecular formula is C32H35F3N4O3. The predicted octanol–water partition coefficient (Wildman–Crippen LogP) is 6.74. The van der Waals surface area contributed by atoms with Gasteiger partial charge in [0.2, 0.25) is 0 Å². The van der Waals surface area contributed by atoms with Gasteiger partial charge in [-0.25, -0.2) is 9.97 Å². The molecule has 0 N–H and O–H groups in total. The summed E-state index contributed by atoms with van der Waals surface area (Å²) in [6.07, 6.45) is -0.497. The fourth-order valence-corrected chi connectivity index (χ4v) is 4.85. The minimum Gasteiger partial charge on any atom is -0.494 e. The molecule has 2 aromatic heterocycles. The molecule has 0 aliphatic carbocycles. The van der Waals surface area contributed by atoms with Gasteiger partial charge < -0.3 is 14.4 Å². The third-order valence-electron chi connectivity index (χ3n) is 6.97. The van der Waals surface area contributed by atoms with E-state index in [-0.39, 0.29) is 5.56 Å². The Hall–Kier alpha value is -4.18. The number of fused-ring (bicyclic) bond motifs is 1. The van der Waals surface area contributed by atoms with Gasteiger partial charge in [-0.05, 0) is 81.8 Å². The molecule has 10 heteroatoms. The molecule has 0 aliphatic rings. The lowest BCUT2D eigenvalue weighted by molar-refractivity contribution is -0.137. The molecule has 2 aromatic carbocycles. The Labute approximate surface area is 243 Å². The van der Waals surface area contributed by atoms with Crippen LogP contribution in [0.15, 0.2) is 83.4 Å². The first-order valence-electron chi connectivity index (χ1n) is 13.9. The molecule has 1 unspecified atom stereocenters. The molecule has 0 amide bonds. The topological polar surface area (TPSA) is 69.5 Å². The highest BCUT2D eigenvalue weighted by Crippen LogP contribution is 2.31. The highest BCUT2D eigenvalue weighted by molar-refractivity contribution is 5.73. The van der Waals surface area contributed by atoms with Crippen LogP contribution in [0.1, 0.15) is 50.7 Å². The zero-order valence-corrected chi connectivity index (χ0v) is 24.2. The summed E-state index contributed by atoms with van der Waals surface area (Å²) in [5.41, 5.74) is 1.59. The Balaban J connectivity index is 1.79. The van der Waals surface area contributed by atoms with Gasteiger partial charge in [-0.2, -0.15) is 13.2 Å². The van der Waals surface area contributed by atoms with Crippen molar-refractivity contribution < 1.29 is 22.6 Å². The van der Waals surface area contributed by atoms with Crippen molar-refractivity contribution in [1.82, 2.24) is 19.4 Å². The number of alkyl halides is 3. The summed E-state index contributed by atoms with van der Waals surface area (Å²) in [5, 5.41) is 0.388. The maximum Gasteiger partial charge on any atom is 0.416 e. The van der Waals surface area contributed by atoms with Gasteiger partial charge in [0.15, 0.2) is 5.65 Å². The second-order valence-corrected chi connectivity index (χ2v) is 9.63. The molecule has 0 spiro atoms. The Morgan fingerprint density at radius 3 is 2.38 bits per heavy atom. The number of halogens is 3. The maximum absolute atomic E-state index is 13.9. The van der Waals surface area contributed by atoms with E-state index >= 15 is 0 Å². The van der Waals surface area contributed by atoms with Gasteiger partial charge in [0, 0.05) is 31.5 Å².